The SMILES string of the molecule is CC(=O)CC[C@@H](C=O)C(O)C(C)C/C=C/C=C/CC/C(C)=C/C=C/C(=O)N1CCCCO1.CNC(C(=O)NC(Cc1cccc(F)c1)C(=O)N1CCCC(C(=O)O)N1)C(C)C. The number of Topliss-reactive ketones (excluding diaryl/α,β-unsaturated/α-hetero) is 1. The van der Waals surface area contributed by atoms with Gasteiger partial charge in [-0.25, -0.2) is 14.9 Å². The highest BCUT2D eigenvalue weighted by Crippen LogP contribution is 2.20. The van der Waals surface area contributed by atoms with Gasteiger partial charge in [-0.05, 0) is 102 Å². The number of aliphatic hydroxyl groups excluding tert-OH is 1. The highest BCUT2D eigenvalue weighted by Gasteiger charge is 2.34. The summed E-state index contributed by atoms with van der Waals surface area (Å²) in [6.45, 7) is 10.8. The lowest BCUT2D eigenvalue weighted by molar-refractivity contribution is -0.191. The molecule has 2 saturated heterocycles. The molecule has 2 fully saturated rings. The molecule has 5 unspecified atom stereocenters. The number of nitrogens with zero attached hydrogens (tertiary/aromatic N) is 2. The first-order chi connectivity index (χ1) is 29.1. The Balaban J connectivity index is 0.000000422. The number of hydrogen-bond acceptors (Lipinski definition) is 10. The topological polar surface area (TPSA) is 195 Å². The van der Waals surface area contributed by atoms with Gasteiger partial charge in [0.2, 0.25) is 5.91 Å². The Bertz CT molecular complexity index is 1690. The molecule has 0 bridgehead atoms. The predicted octanol–water partition coefficient (Wildman–Crippen LogP) is 5.18. The Labute approximate surface area is 360 Å². The van der Waals surface area contributed by atoms with Crippen molar-refractivity contribution in [1.82, 2.24) is 26.1 Å². The molecule has 2 aliphatic rings. The van der Waals surface area contributed by atoms with Crippen molar-refractivity contribution in [1.29, 1.82) is 0 Å². The van der Waals surface area contributed by atoms with E-state index in [1.165, 1.54) is 46.8 Å². The number of allylic oxidation sites excluding steroid dienone is 7. The molecule has 0 aromatic heterocycles. The van der Waals surface area contributed by atoms with Crippen LogP contribution in [0.25, 0.3) is 0 Å². The van der Waals surface area contributed by atoms with Gasteiger partial charge < -0.3 is 30.4 Å². The number of aliphatic carboxylic acids is 1. The van der Waals surface area contributed by atoms with E-state index in [0.717, 1.165) is 32.0 Å². The molecule has 1 aromatic rings. The van der Waals surface area contributed by atoms with Crippen LogP contribution in [0, 0.1) is 23.6 Å². The summed E-state index contributed by atoms with van der Waals surface area (Å²) in [5, 5.41) is 27.9. The van der Waals surface area contributed by atoms with Crippen LogP contribution >= 0.6 is 0 Å². The Morgan fingerprint density at radius 1 is 1.02 bits per heavy atom. The van der Waals surface area contributed by atoms with Crippen molar-refractivity contribution >= 4 is 35.8 Å². The number of carbonyl (C=O) groups excluding carboxylic acids is 5. The van der Waals surface area contributed by atoms with E-state index in [1.54, 1.807) is 19.2 Å². The molecule has 0 aliphatic carbocycles. The third-order valence-corrected chi connectivity index (χ3v) is 10.4. The van der Waals surface area contributed by atoms with Gasteiger partial charge >= 0.3 is 5.97 Å². The van der Waals surface area contributed by atoms with Crippen LogP contribution in [0.1, 0.15) is 98.0 Å². The molecule has 6 atom stereocenters. The maximum Gasteiger partial charge on any atom is 0.322 e. The summed E-state index contributed by atoms with van der Waals surface area (Å²) in [5.74, 6) is -2.91. The first kappa shape index (κ1) is 52.3. The molecule has 61 heavy (non-hydrogen) atoms. The number of ketones is 1. The van der Waals surface area contributed by atoms with Crippen molar-refractivity contribution in [2.24, 2.45) is 17.8 Å². The third-order valence-electron chi connectivity index (χ3n) is 10.4. The highest BCUT2D eigenvalue weighted by atomic mass is 19.1. The monoisotopic (exact) mass is 854 g/mol. The van der Waals surface area contributed by atoms with Crippen LogP contribution in [0.3, 0.4) is 0 Å². The van der Waals surface area contributed by atoms with Crippen LogP contribution in [-0.4, -0.2) is 107 Å². The van der Waals surface area contributed by atoms with Gasteiger partial charge in [-0.1, -0.05) is 74.9 Å². The van der Waals surface area contributed by atoms with Crippen molar-refractivity contribution in [3.8, 4) is 0 Å². The number of aliphatic hydroxyl groups is 1. The lowest BCUT2D eigenvalue weighted by Crippen LogP contribution is -2.61. The second-order valence-corrected chi connectivity index (χ2v) is 16.0. The number of carboxylic acids is 1. The van der Waals surface area contributed by atoms with Crippen LogP contribution in [0.2, 0.25) is 0 Å². The predicted molar refractivity (Wildman–Crippen MR) is 232 cm³/mol. The molecule has 2 heterocycles. The maximum absolute atomic E-state index is 13.6. The van der Waals surface area contributed by atoms with Gasteiger partial charge in [0.15, 0.2) is 0 Å². The summed E-state index contributed by atoms with van der Waals surface area (Å²) >= 11 is 0. The van der Waals surface area contributed by atoms with Crippen LogP contribution < -0.4 is 16.1 Å². The Morgan fingerprint density at radius 2 is 1.75 bits per heavy atom. The van der Waals surface area contributed by atoms with Gasteiger partial charge in [-0.2, -0.15) is 0 Å². The number of benzene rings is 1. The lowest BCUT2D eigenvalue weighted by atomic mass is 9.87. The minimum Gasteiger partial charge on any atom is -0.480 e. The number of halogens is 1. The van der Waals surface area contributed by atoms with Gasteiger partial charge in [-0.15, -0.1) is 0 Å². The highest BCUT2D eigenvalue weighted by molar-refractivity contribution is 5.90. The molecular weight excluding hydrogens is 786 g/mol. The number of rotatable bonds is 22. The van der Waals surface area contributed by atoms with E-state index in [1.807, 2.05) is 52.0 Å². The van der Waals surface area contributed by atoms with Crippen LogP contribution in [0.15, 0.2) is 72.4 Å². The maximum atomic E-state index is 13.6. The molecule has 2 aliphatic heterocycles. The van der Waals surface area contributed by atoms with E-state index in [2.05, 4.69) is 22.1 Å². The average Bonchev–Trinajstić information content (AvgIpc) is 3.23. The first-order valence-electron chi connectivity index (χ1n) is 21.3. The zero-order chi connectivity index (χ0) is 45.3. The Kier molecular flexibility index (Phi) is 24.6. The minimum absolute atomic E-state index is 0.00516. The third kappa shape index (κ3) is 20.1. The molecule has 0 saturated carbocycles. The zero-order valence-electron chi connectivity index (χ0n) is 36.7. The summed E-state index contributed by atoms with van der Waals surface area (Å²) in [4.78, 5) is 76.7. The van der Waals surface area contributed by atoms with Gasteiger partial charge in [0.05, 0.1) is 18.8 Å². The number of aldehydes is 1. The molecular formula is C46H68FN5O9. The number of nitrogens with one attached hydrogen (secondary N) is 3. The fourth-order valence-electron chi connectivity index (χ4n) is 6.78. The van der Waals surface area contributed by atoms with Crippen LogP contribution in [-0.2, 0) is 40.0 Å². The molecule has 1 aromatic carbocycles. The smallest absolute Gasteiger partial charge is 0.322 e. The van der Waals surface area contributed by atoms with E-state index in [-0.39, 0.29) is 35.9 Å². The summed E-state index contributed by atoms with van der Waals surface area (Å²) < 4.78 is 13.6. The molecule has 15 heteroatoms. The van der Waals surface area contributed by atoms with Crippen molar-refractivity contribution in [2.45, 2.75) is 123 Å². The van der Waals surface area contributed by atoms with E-state index < -0.39 is 47.8 Å². The first-order valence-corrected chi connectivity index (χ1v) is 21.3. The minimum atomic E-state index is -1.04. The summed E-state index contributed by atoms with van der Waals surface area (Å²) in [7, 11) is 1.66. The van der Waals surface area contributed by atoms with E-state index in [0.29, 0.717) is 57.4 Å². The second-order valence-electron chi connectivity index (χ2n) is 16.0. The number of hydrogen-bond donors (Lipinski definition) is 5. The largest absolute Gasteiger partial charge is 0.480 e. The quantitative estimate of drug-likeness (QED) is 0.0586. The molecule has 5 N–H and O–H groups in total. The standard InChI is InChI=1S/C26H39NO5.C20H29FN4O4/c1-21(13-11-15-25(30)27-18-9-10-19-32-27)12-7-5-4-6-8-14-22(2)26(31)24(20-28)17-16-23(3)29;1-12(2)17(22-3)18(26)23-16(11-13-6-4-7-14(21)10-13)19(27)25-9-5-8-15(24-25)20(28)29/h4-6,8,11,13,15,20,22,24,26,31H,7,9-10,12,14,16-19H2,1-3H3;4,6-7,10,12,15-17,22,24H,5,8-9,11H2,1-3H3,(H,23,26)(H,28,29)/b5-4+,8-6+,15-11+,21-13+;/t22?,24-,26?;/m0./s1. The number of amides is 3. The molecule has 0 radical (unpaired) electrons. The van der Waals surface area contributed by atoms with Gasteiger partial charge in [0.1, 0.15) is 30.0 Å². The average molecular weight is 854 g/mol. The van der Waals surface area contributed by atoms with Crippen LogP contribution in [0.5, 0.6) is 0 Å². The normalized spacial score (nSPS) is 18.6. The van der Waals surface area contributed by atoms with Crippen LogP contribution in [0.4, 0.5) is 4.39 Å². The number of carbonyl (C=O) groups is 6. The number of likely N-dealkylation sites (N-methyl/N-ethyl adjacent to an activating group) is 1. The fourth-order valence-corrected chi connectivity index (χ4v) is 6.78. The fraction of sp³-hybridized carbons (Fsp3) is 0.565. The van der Waals surface area contributed by atoms with Crippen molar-refractivity contribution in [2.75, 3.05) is 26.7 Å². The van der Waals surface area contributed by atoms with Gasteiger partial charge in [-0.3, -0.25) is 29.0 Å². The Hall–Kier alpha value is -4.83. The van der Waals surface area contributed by atoms with Crippen molar-refractivity contribution in [3.05, 3.63) is 83.8 Å². The molecule has 14 nitrogen and oxygen atoms in total. The molecule has 3 amide bonds. The van der Waals surface area contributed by atoms with E-state index in [9.17, 15) is 43.4 Å². The lowest BCUT2D eigenvalue weighted by Gasteiger charge is -2.35. The van der Waals surface area contributed by atoms with Gasteiger partial charge in [0, 0.05) is 37.9 Å². The summed E-state index contributed by atoms with van der Waals surface area (Å²) in [6.07, 6.45) is 19.4. The van der Waals surface area contributed by atoms with Gasteiger partial charge in [0.25, 0.3) is 11.8 Å². The number of hydrazine groups is 1. The van der Waals surface area contributed by atoms with Crippen molar-refractivity contribution < 1.29 is 48.2 Å². The zero-order valence-corrected chi connectivity index (χ0v) is 36.7. The second kappa shape index (κ2) is 28.7. The Morgan fingerprint density at radius 3 is 2.38 bits per heavy atom. The molecule has 338 valence electrons. The van der Waals surface area contributed by atoms with E-state index >= 15 is 0 Å². The van der Waals surface area contributed by atoms with Crippen molar-refractivity contribution in [3.63, 3.8) is 0 Å². The van der Waals surface area contributed by atoms with E-state index in [4.69, 9.17) is 4.84 Å². The molecule has 3 rings (SSSR count). The molecule has 0 spiro atoms. The number of carboxylic acid groups (broad SMARTS) is 1. The number of hydroxylamine groups is 2. The summed E-state index contributed by atoms with van der Waals surface area (Å²) in [5.41, 5.74) is 4.45. The summed E-state index contributed by atoms with van der Waals surface area (Å²) in [6, 6.07) is 3.51.